The second-order valence-electron chi connectivity index (χ2n) is 3.84. The number of aliphatic hydroxyl groups excluding tert-OH is 2. The predicted molar refractivity (Wildman–Crippen MR) is 45.1 cm³/mol. The maximum absolute atomic E-state index is 9.35. The third kappa shape index (κ3) is 1.72. The fourth-order valence-electron chi connectivity index (χ4n) is 2.06. The SMILES string of the molecule is OC[C@H](O)[C@@H]1COC2(CCCC2)O1. The van der Waals surface area contributed by atoms with Crippen LogP contribution in [-0.2, 0) is 9.47 Å². The van der Waals surface area contributed by atoms with Gasteiger partial charge >= 0.3 is 0 Å². The van der Waals surface area contributed by atoms with E-state index in [4.69, 9.17) is 14.6 Å². The first-order chi connectivity index (χ1) is 6.26. The minimum Gasteiger partial charge on any atom is -0.394 e. The smallest absolute Gasteiger partial charge is 0.169 e. The van der Waals surface area contributed by atoms with E-state index in [1.54, 1.807) is 0 Å². The van der Waals surface area contributed by atoms with E-state index in [0.717, 1.165) is 25.7 Å². The molecule has 1 saturated carbocycles. The maximum atomic E-state index is 9.35. The Labute approximate surface area is 77.5 Å². The lowest BCUT2D eigenvalue weighted by Gasteiger charge is -2.22. The van der Waals surface area contributed by atoms with Gasteiger partial charge in [-0.05, 0) is 12.8 Å². The Balaban J connectivity index is 1.93. The summed E-state index contributed by atoms with van der Waals surface area (Å²) in [7, 11) is 0. The molecule has 1 saturated heterocycles. The van der Waals surface area contributed by atoms with Gasteiger partial charge in [0, 0.05) is 12.8 Å². The van der Waals surface area contributed by atoms with E-state index < -0.39 is 11.9 Å². The number of aliphatic hydroxyl groups is 2. The molecule has 1 heterocycles. The number of rotatable bonds is 2. The van der Waals surface area contributed by atoms with Crippen molar-refractivity contribution in [1.82, 2.24) is 0 Å². The molecular weight excluding hydrogens is 172 g/mol. The summed E-state index contributed by atoms with van der Waals surface area (Å²) in [6.07, 6.45) is 2.94. The van der Waals surface area contributed by atoms with Gasteiger partial charge < -0.3 is 19.7 Å². The highest BCUT2D eigenvalue weighted by atomic mass is 16.7. The summed E-state index contributed by atoms with van der Waals surface area (Å²) < 4.78 is 11.2. The van der Waals surface area contributed by atoms with Gasteiger partial charge in [-0.1, -0.05) is 0 Å². The topological polar surface area (TPSA) is 58.9 Å². The van der Waals surface area contributed by atoms with E-state index in [2.05, 4.69) is 0 Å². The minimum absolute atomic E-state index is 0.260. The highest BCUT2D eigenvalue weighted by molar-refractivity contribution is 4.86. The summed E-state index contributed by atoms with van der Waals surface area (Å²) in [5, 5.41) is 18.1. The second-order valence-corrected chi connectivity index (χ2v) is 3.84. The van der Waals surface area contributed by atoms with Gasteiger partial charge in [0.25, 0.3) is 0 Å². The molecule has 1 aliphatic heterocycles. The van der Waals surface area contributed by atoms with Crippen LogP contribution in [0.1, 0.15) is 25.7 Å². The predicted octanol–water partition coefficient (Wildman–Crippen LogP) is 0.0253. The van der Waals surface area contributed by atoms with Crippen molar-refractivity contribution in [1.29, 1.82) is 0 Å². The average Bonchev–Trinajstić information content (AvgIpc) is 2.76. The molecule has 1 aliphatic carbocycles. The third-order valence-electron chi connectivity index (χ3n) is 2.86. The van der Waals surface area contributed by atoms with Crippen LogP contribution in [0.3, 0.4) is 0 Å². The normalized spacial score (nSPS) is 34.2. The Bertz CT molecular complexity index is 176. The van der Waals surface area contributed by atoms with Gasteiger partial charge in [-0.2, -0.15) is 0 Å². The van der Waals surface area contributed by atoms with Gasteiger partial charge in [0.1, 0.15) is 12.2 Å². The van der Waals surface area contributed by atoms with Crippen molar-refractivity contribution in [3.63, 3.8) is 0 Å². The fraction of sp³-hybridized carbons (Fsp3) is 1.00. The lowest BCUT2D eigenvalue weighted by atomic mass is 10.2. The van der Waals surface area contributed by atoms with Crippen molar-refractivity contribution in [3.8, 4) is 0 Å². The quantitative estimate of drug-likeness (QED) is 0.641. The molecule has 0 amide bonds. The molecule has 4 heteroatoms. The van der Waals surface area contributed by atoms with Crippen molar-refractivity contribution in [3.05, 3.63) is 0 Å². The van der Waals surface area contributed by atoms with Crippen LogP contribution in [0.25, 0.3) is 0 Å². The Kier molecular flexibility index (Phi) is 2.55. The Morgan fingerprint density at radius 1 is 1.38 bits per heavy atom. The van der Waals surface area contributed by atoms with Crippen LogP contribution in [0.15, 0.2) is 0 Å². The van der Waals surface area contributed by atoms with E-state index in [1.807, 2.05) is 0 Å². The van der Waals surface area contributed by atoms with Crippen LogP contribution < -0.4 is 0 Å². The molecule has 2 fully saturated rings. The molecular formula is C9H16O4. The molecule has 0 aromatic rings. The first-order valence-electron chi connectivity index (χ1n) is 4.86. The average molecular weight is 188 g/mol. The van der Waals surface area contributed by atoms with Gasteiger partial charge in [-0.15, -0.1) is 0 Å². The minimum atomic E-state index is -0.806. The zero-order valence-electron chi connectivity index (χ0n) is 7.61. The molecule has 76 valence electrons. The molecule has 2 aliphatic rings. The molecule has 13 heavy (non-hydrogen) atoms. The van der Waals surface area contributed by atoms with Gasteiger partial charge in [0.2, 0.25) is 0 Å². The van der Waals surface area contributed by atoms with Crippen molar-refractivity contribution in [2.45, 2.75) is 43.7 Å². The van der Waals surface area contributed by atoms with Crippen LogP contribution in [0.5, 0.6) is 0 Å². The van der Waals surface area contributed by atoms with Crippen molar-refractivity contribution >= 4 is 0 Å². The molecule has 2 N–H and O–H groups in total. The first kappa shape index (κ1) is 9.40. The van der Waals surface area contributed by atoms with E-state index in [1.165, 1.54) is 0 Å². The van der Waals surface area contributed by atoms with Gasteiger partial charge in [-0.3, -0.25) is 0 Å². The van der Waals surface area contributed by atoms with Crippen LogP contribution in [0, 0.1) is 0 Å². The Morgan fingerprint density at radius 2 is 2.08 bits per heavy atom. The summed E-state index contributed by atoms with van der Waals surface area (Å²) in [6, 6.07) is 0. The van der Waals surface area contributed by atoms with Crippen LogP contribution in [-0.4, -0.2) is 41.4 Å². The molecule has 2 atom stereocenters. The monoisotopic (exact) mass is 188 g/mol. The second kappa shape index (κ2) is 3.53. The summed E-state index contributed by atoms with van der Waals surface area (Å²) in [4.78, 5) is 0. The van der Waals surface area contributed by atoms with Crippen molar-refractivity contribution < 1.29 is 19.7 Å². The third-order valence-corrected chi connectivity index (χ3v) is 2.86. The highest BCUT2D eigenvalue weighted by Crippen LogP contribution is 2.39. The zero-order chi connectivity index (χ0) is 9.31. The van der Waals surface area contributed by atoms with E-state index in [9.17, 15) is 5.11 Å². The summed E-state index contributed by atoms with van der Waals surface area (Å²) in [5.41, 5.74) is 0. The van der Waals surface area contributed by atoms with Crippen molar-refractivity contribution in [2.75, 3.05) is 13.2 Å². The molecule has 0 bridgehead atoms. The van der Waals surface area contributed by atoms with Crippen LogP contribution in [0.2, 0.25) is 0 Å². The number of hydrogen-bond donors (Lipinski definition) is 2. The highest BCUT2D eigenvalue weighted by Gasteiger charge is 2.45. The van der Waals surface area contributed by atoms with E-state index in [-0.39, 0.29) is 12.7 Å². The standard InChI is InChI=1S/C9H16O4/c10-5-7(11)8-6-12-9(13-8)3-1-2-4-9/h7-8,10-11H,1-6H2/t7-,8-/m0/s1. The molecule has 0 aromatic heterocycles. The maximum Gasteiger partial charge on any atom is 0.169 e. The molecule has 1 spiro atoms. The van der Waals surface area contributed by atoms with E-state index in [0.29, 0.717) is 6.61 Å². The molecule has 0 unspecified atom stereocenters. The summed E-state index contributed by atoms with van der Waals surface area (Å²) >= 11 is 0. The van der Waals surface area contributed by atoms with Gasteiger partial charge in [0.15, 0.2) is 5.79 Å². The van der Waals surface area contributed by atoms with E-state index >= 15 is 0 Å². The number of ether oxygens (including phenoxy) is 2. The fourth-order valence-corrected chi connectivity index (χ4v) is 2.06. The summed E-state index contributed by atoms with van der Waals surface area (Å²) in [6.45, 7) is 0.145. The van der Waals surface area contributed by atoms with Gasteiger partial charge in [-0.25, -0.2) is 0 Å². The Morgan fingerprint density at radius 3 is 2.69 bits per heavy atom. The summed E-state index contributed by atoms with van der Waals surface area (Å²) in [5.74, 6) is -0.430. The first-order valence-corrected chi connectivity index (χ1v) is 4.86. The van der Waals surface area contributed by atoms with Crippen molar-refractivity contribution in [2.24, 2.45) is 0 Å². The molecule has 0 aromatic carbocycles. The molecule has 0 radical (unpaired) electrons. The zero-order valence-corrected chi connectivity index (χ0v) is 7.61. The lowest BCUT2D eigenvalue weighted by molar-refractivity contribution is -0.174. The van der Waals surface area contributed by atoms with Gasteiger partial charge in [0.05, 0.1) is 13.2 Å². The Hall–Kier alpha value is -0.160. The molecule has 2 rings (SSSR count). The lowest BCUT2D eigenvalue weighted by Crippen LogP contribution is -2.34. The van der Waals surface area contributed by atoms with Crippen LogP contribution >= 0.6 is 0 Å². The molecule has 4 nitrogen and oxygen atoms in total. The largest absolute Gasteiger partial charge is 0.394 e. The number of hydrogen-bond acceptors (Lipinski definition) is 4. The van der Waals surface area contributed by atoms with Crippen LogP contribution in [0.4, 0.5) is 0 Å².